The maximum Gasteiger partial charge on any atom is 0.410 e. The molecule has 0 aliphatic carbocycles. The standard InChI is InChI=1S/C25H32N6O2/c1-17(2)28-22-15-18(6-9-27-22)21-14-19-16-26-8-7-20(19)23(29-21)30-10-12-31(13-11-30)24(32)33-25(3,4)5/h6-9,14-17H,10-13H2,1-5H3,(H,27,28). The molecule has 0 saturated carbocycles. The molecule has 3 aromatic heterocycles. The molecule has 0 atom stereocenters. The van der Waals surface area contributed by atoms with Gasteiger partial charge in [-0.3, -0.25) is 4.98 Å². The molecule has 4 heterocycles. The third kappa shape index (κ3) is 5.50. The molecular formula is C25H32N6O2. The molecule has 1 fully saturated rings. The average molecular weight is 449 g/mol. The highest BCUT2D eigenvalue weighted by atomic mass is 16.6. The Labute approximate surface area is 195 Å². The summed E-state index contributed by atoms with van der Waals surface area (Å²) in [5.41, 5.74) is 1.36. The lowest BCUT2D eigenvalue weighted by molar-refractivity contribution is 0.0240. The Hall–Kier alpha value is -3.42. The van der Waals surface area contributed by atoms with Crippen molar-refractivity contribution in [3.63, 3.8) is 0 Å². The van der Waals surface area contributed by atoms with E-state index < -0.39 is 5.60 Å². The molecule has 8 nitrogen and oxygen atoms in total. The maximum absolute atomic E-state index is 12.5. The average Bonchev–Trinajstić information content (AvgIpc) is 2.77. The van der Waals surface area contributed by atoms with E-state index in [1.54, 1.807) is 17.3 Å². The van der Waals surface area contributed by atoms with Crippen LogP contribution >= 0.6 is 0 Å². The van der Waals surface area contributed by atoms with Crippen LogP contribution in [0.15, 0.2) is 42.9 Å². The molecule has 0 aromatic carbocycles. The summed E-state index contributed by atoms with van der Waals surface area (Å²) in [7, 11) is 0. The Balaban J connectivity index is 1.62. The minimum absolute atomic E-state index is 0.264. The van der Waals surface area contributed by atoms with Crippen LogP contribution in [0.25, 0.3) is 22.0 Å². The van der Waals surface area contributed by atoms with Crippen molar-refractivity contribution < 1.29 is 9.53 Å². The van der Waals surface area contributed by atoms with Crippen molar-refractivity contribution in [2.24, 2.45) is 0 Å². The van der Waals surface area contributed by atoms with Gasteiger partial charge in [0, 0.05) is 67.1 Å². The molecule has 1 aliphatic rings. The second kappa shape index (κ2) is 9.21. The Morgan fingerprint density at radius 1 is 1.09 bits per heavy atom. The number of nitrogens with one attached hydrogen (secondary N) is 1. The third-order valence-corrected chi connectivity index (χ3v) is 5.33. The van der Waals surface area contributed by atoms with E-state index >= 15 is 0 Å². The van der Waals surface area contributed by atoms with E-state index in [1.165, 1.54) is 0 Å². The van der Waals surface area contributed by atoms with Crippen molar-refractivity contribution in [2.45, 2.75) is 46.3 Å². The zero-order valence-electron chi connectivity index (χ0n) is 20.0. The monoisotopic (exact) mass is 448 g/mol. The van der Waals surface area contributed by atoms with Crippen molar-refractivity contribution in [3.05, 3.63) is 42.9 Å². The predicted molar refractivity (Wildman–Crippen MR) is 132 cm³/mol. The largest absolute Gasteiger partial charge is 0.444 e. The first kappa shape index (κ1) is 22.8. The minimum Gasteiger partial charge on any atom is -0.444 e. The van der Waals surface area contributed by atoms with Gasteiger partial charge in [0.25, 0.3) is 0 Å². The molecule has 0 radical (unpaired) electrons. The minimum atomic E-state index is -0.499. The van der Waals surface area contributed by atoms with Crippen LogP contribution in [0.4, 0.5) is 16.4 Å². The third-order valence-electron chi connectivity index (χ3n) is 5.33. The smallest absolute Gasteiger partial charge is 0.410 e. The van der Waals surface area contributed by atoms with Gasteiger partial charge in [0.15, 0.2) is 0 Å². The van der Waals surface area contributed by atoms with Crippen LogP contribution in [0, 0.1) is 0 Å². The van der Waals surface area contributed by atoms with Crippen LogP contribution in [-0.2, 0) is 4.74 Å². The van der Waals surface area contributed by atoms with Crippen LogP contribution in [-0.4, -0.2) is 63.8 Å². The number of amides is 1. The normalized spacial score (nSPS) is 14.6. The summed E-state index contributed by atoms with van der Waals surface area (Å²) >= 11 is 0. The molecule has 0 unspecified atom stereocenters. The van der Waals surface area contributed by atoms with Crippen molar-refractivity contribution >= 4 is 28.5 Å². The van der Waals surface area contributed by atoms with E-state index in [-0.39, 0.29) is 6.09 Å². The van der Waals surface area contributed by atoms with Crippen LogP contribution in [0.3, 0.4) is 0 Å². The lowest BCUT2D eigenvalue weighted by Crippen LogP contribution is -2.50. The quantitative estimate of drug-likeness (QED) is 0.626. The predicted octanol–water partition coefficient (Wildman–Crippen LogP) is 4.57. The highest BCUT2D eigenvalue weighted by Gasteiger charge is 2.27. The van der Waals surface area contributed by atoms with Gasteiger partial charge >= 0.3 is 6.09 Å². The summed E-state index contributed by atoms with van der Waals surface area (Å²) in [6.45, 7) is 12.4. The second-order valence-electron chi connectivity index (χ2n) is 9.61. The first-order valence-electron chi connectivity index (χ1n) is 11.4. The molecule has 33 heavy (non-hydrogen) atoms. The number of nitrogens with zero attached hydrogens (tertiary/aromatic N) is 5. The van der Waals surface area contributed by atoms with E-state index in [0.717, 1.165) is 33.7 Å². The maximum atomic E-state index is 12.5. The van der Waals surface area contributed by atoms with Crippen LogP contribution < -0.4 is 10.2 Å². The molecular weight excluding hydrogens is 416 g/mol. The molecule has 1 aliphatic heterocycles. The van der Waals surface area contributed by atoms with Crippen LogP contribution in [0.2, 0.25) is 0 Å². The van der Waals surface area contributed by atoms with Gasteiger partial charge in [0.2, 0.25) is 0 Å². The van der Waals surface area contributed by atoms with Gasteiger partial charge in [-0.2, -0.15) is 0 Å². The fourth-order valence-electron chi connectivity index (χ4n) is 3.86. The lowest BCUT2D eigenvalue weighted by atomic mass is 10.1. The van der Waals surface area contributed by atoms with E-state index in [0.29, 0.717) is 32.2 Å². The fourth-order valence-corrected chi connectivity index (χ4v) is 3.86. The second-order valence-corrected chi connectivity index (χ2v) is 9.61. The number of piperazine rings is 1. The van der Waals surface area contributed by atoms with Crippen molar-refractivity contribution in [1.29, 1.82) is 0 Å². The molecule has 1 saturated heterocycles. The molecule has 3 aromatic rings. The number of hydrogen-bond acceptors (Lipinski definition) is 7. The highest BCUT2D eigenvalue weighted by molar-refractivity contribution is 5.94. The molecule has 0 bridgehead atoms. The number of ether oxygens (including phenoxy) is 1. The van der Waals surface area contributed by atoms with Gasteiger partial charge in [-0.05, 0) is 58.9 Å². The van der Waals surface area contributed by atoms with Gasteiger partial charge in [-0.15, -0.1) is 0 Å². The fraction of sp³-hybridized carbons (Fsp3) is 0.440. The summed E-state index contributed by atoms with van der Waals surface area (Å²) in [6, 6.07) is 8.35. The molecule has 1 N–H and O–H groups in total. The number of hydrogen-bond donors (Lipinski definition) is 1. The zero-order valence-corrected chi connectivity index (χ0v) is 20.0. The van der Waals surface area contributed by atoms with Gasteiger partial charge < -0.3 is 19.9 Å². The van der Waals surface area contributed by atoms with Gasteiger partial charge in [0.05, 0.1) is 5.69 Å². The number of carbonyl (C=O) groups excluding carboxylic acids is 1. The summed E-state index contributed by atoms with van der Waals surface area (Å²) in [4.78, 5) is 30.3. The van der Waals surface area contributed by atoms with Gasteiger partial charge in [-0.25, -0.2) is 14.8 Å². The summed E-state index contributed by atoms with van der Waals surface area (Å²) in [6.07, 6.45) is 5.20. The van der Waals surface area contributed by atoms with E-state index in [4.69, 9.17) is 9.72 Å². The van der Waals surface area contributed by atoms with Crippen molar-refractivity contribution in [3.8, 4) is 11.3 Å². The van der Waals surface area contributed by atoms with Gasteiger partial charge in [0.1, 0.15) is 17.2 Å². The summed E-state index contributed by atoms with van der Waals surface area (Å²) < 4.78 is 5.54. The lowest BCUT2D eigenvalue weighted by Gasteiger charge is -2.36. The van der Waals surface area contributed by atoms with E-state index in [2.05, 4.69) is 40.1 Å². The Kier molecular flexibility index (Phi) is 6.35. The number of fused-ring (bicyclic) bond motifs is 1. The number of anilines is 2. The van der Waals surface area contributed by atoms with E-state index in [1.807, 2.05) is 45.2 Å². The van der Waals surface area contributed by atoms with Crippen molar-refractivity contribution in [2.75, 3.05) is 36.4 Å². The SMILES string of the molecule is CC(C)Nc1cc(-c2cc3cnccc3c(N3CCN(C(=O)OC(C)(C)C)CC3)n2)ccn1. The number of carbonyl (C=O) groups is 1. The van der Waals surface area contributed by atoms with Crippen LogP contribution in [0.5, 0.6) is 0 Å². The Bertz CT molecular complexity index is 1130. The summed E-state index contributed by atoms with van der Waals surface area (Å²) in [5, 5.41) is 5.43. The first-order valence-corrected chi connectivity index (χ1v) is 11.4. The Morgan fingerprint density at radius 3 is 2.55 bits per heavy atom. The first-order chi connectivity index (χ1) is 15.7. The zero-order chi connectivity index (χ0) is 23.6. The van der Waals surface area contributed by atoms with Gasteiger partial charge in [-0.1, -0.05) is 0 Å². The number of rotatable bonds is 4. The topological polar surface area (TPSA) is 83.5 Å². The van der Waals surface area contributed by atoms with Crippen LogP contribution in [0.1, 0.15) is 34.6 Å². The number of aromatic nitrogens is 3. The number of pyridine rings is 3. The molecule has 1 amide bonds. The molecule has 0 spiro atoms. The van der Waals surface area contributed by atoms with Crippen molar-refractivity contribution in [1.82, 2.24) is 19.9 Å². The molecule has 4 rings (SSSR count). The molecule has 8 heteroatoms. The summed E-state index contributed by atoms with van der Waals surface area (Å²) in [5.74, 6) is 1.73. The molecule has 174 valence electrons. The highest BCUT2D eigenvalue weighted by Crippen LogP contribution is 2.31. The van der Waals surface area contributed by atoms with E-state index in [9.17, 15) is 4.79 Å². The Morgan fingerprint density at radius 2 is 1.85 bits per heavy atom.